The van der Waals surface area contributed by atoms with Crippen LogP contribution in [0.2, 0.25) is 0 Å². The van der Waals surface area contributed by atoms with Gasteiger partial charge in [0.15, 0.2) is 18.1 Å². The van der Waals surface area contributed by atoms with E-state index >= 15 is 0 Å². The Morgan fingerprint density at radius 1 is 1.03 bits per heavy atom. The zero-order valence-corrected chi connectivity index (χ0v) is 17.3. The minimum atomic E-state index is -0.521. The molecule has 162 valence electrons. The number of nitrogens with one attached hydrogen (secondary N) is 2. The van der Waals surface area contributed by atoms with Gasteiger partial charge in [0.2, 0.25) is 11.7 Å². The van der Waals surface area contributed by atoms with Crippen molar-refractivity contribution >= 4 is 17.5 Å². The molecule has 1 heterocycles. The van der Waals surface area contributed by atoms with Crippen LogP contribution in [0.25, 0.3) is 0 Å². The van der Waals surface area contributed by atoms with E-state index in [1.807, 2.05) is 0 Å². The van der Waals surface area contributed by atoms with Gasteiger partial charge in [-0.25, -0.2) is 0 Å². The number of para-hydroxylation sites is 2. The van der Waals surface area contributed by atoms with Crippen LogP contribution in [0.5, 0.6) is 17.2 Å². The molecule has 0 atom stereocenters. The van der Waals surface area contributed by atoms with Crippen molar-refractivity contribution in [1.82, 2.24) is 15.5 Å². The first-order chi connectivity index (χ1) is 15.0. The van der Waals surface area contributed by atoms with Crippen LogP contribution in [0.4, 0.5) is 5.69 Å². The average Bonchev–Trinajstić information content (AvgIpc) is 3.25. The van der Waals surface area contributed by atoms with E-state index in [1.54, 1.807) is 49.6 Å². The van der Waals surface area contributed by atoms with E-state index in [-0.39, 0.29) is 30.8 Å². The second kappa shape index (κ2) is 10.1. The molecule has 3 aromatic rings. The fraction of sp³-hybridized carbons (Fsp3) is 0.238. The lowest BCUT2D eigenvalue weighted by atomic mass is 10.2. The molecule has 10 heteroatoms. The van der Waals surface area contributed by atoms with Crippen LogP contribution in [0.1, 0.15) is 29.0 Å². The molecule has 31 heavy (non-hydrogen) atoms. The zero-order chi connectivity index (χ0) is 22.2. The second-order valence-corrected chi connectivity index (χ2v) is 6.35. The molecule has 3 rings (SSSR count). The number of rotatable bonds is 9. The molecule has 0 aliphatic carbocycles. The van der Waals surface area contributed by atoms with E-state index < -0.39 is 5.91 Å². The summed E-state index contributed by atoms with van der Waals surface area (Å²) in [4.78, 5) is 27.6. The number of aromatic nitrogens is 2. The molecule has 10 nitrogen and oxygen atoms in total. The summed E-state index contributed by atoms with van der Waals surface area (Å²) in [5.74, 6) is 0.867. The lowest BCUT2D eigenvalue weighted by molar-refractivity contribution is -0.114. The van der Waals surface area contributed by atoms with Crippen LogP contribution in [0.15, 0.2) is 47.0 Å². The van der Waals surface area contributed by atoms with Crippen molar-refractivity contribution in [3.8, 4) is 17.2 Å². The van der Waals surface area contributed by atoms with Crippen molar-refractivity contribution in [1.29, 1.82) is 0 Å². The number of carbonyl (C=O) groups excluding carboxylic acids is 2. The smallest absolute Gasteiger partial charge is 0.316 e. The molecule has 2 aromatic carbocycles. The number of hydrogen-bond donors (Lipinski definition) is 2. The maximum absolute atomic E-state index is 12.3. The van der Waals surface area contributed by atoms with E-state index in [1.165, 1.54) is 14.0 Å². The summed E-state index contributed by atoms with van der Waals surface area (Å²) in [6.45, 7) is 1.60. The maximum Gasteiger partial charge on any atom is 0.316 e. The minimum absolute atomic E-state index is 0.0386. The Morgan fingerprint density at radius 3 is 2.55 bits per heavy atom. The minimum Gasteiger partial charge on any atom is -0.493 e. The zero-order valence-electron chi connectivity index (χ0n) is 17.3. The van der Waals surface area contributed by atoms with Crippen molar-refractivity contribution in [3.05, 3.63) is 59.7 Å². The van der Waals surface area contributed by atoms with Crippen LogP contribution in [0.3, 0.4) is 0 Å². The third kappa shape index (κ3) is 5.72. The fourth-order valence-corrected chi connectivity index (χ4v) is 2.68. The lowest BCUT2D eigenvalue weighted by Gasteiger charge is -2.10. The molecule has 0 aliphatic heterocycles. The monoisotopic (exact) mass is 426 g/mol. The van der Waals surface area contributed by atoms with Gasteiger partial charge in [0.1, 0.15) is 5.75 Å². The molecule has 2 amide bonds. The summed E-state index contributed by atoms with van der Waals surface area (Å²) in [6, 6.07) is 12.3. The molecule has 1 aromatic heterocycles. The number of nitrogens with zero attached hydrogens (tertiary/aromatic N) is 2. The van der Waals surface area contributed by atoms with Crippen LogP contribution in [-0.2, 0) is 17.9 Å². The standard InChI is InChI=1S/C21H22N4O6/c1-13(26)23-15-6-4-5-7-16(15)30-12-19-24-21(31-25-19)20(27)22-11-14-8-9-17(28-2)18(10-14)29-3/h4-10H,11-12H2,1-3H3,(H,22,27)(H,23,26). The van der Waals surface area contributed by atoms with Crippen LogP contribution in [0, 0.1) is 0 Å². The van der Waals surface area contributed by atoms with Gasteiger partial charge in [0, 0.05) is 13.5 Å². The van der Waals surface area contributed by atoms with Crippen LogP contribution < -0.4 is 24.8 Å². The van der Waals surface area contributed by atoms with Gasteiger partial charge in [-0.15, -0.1) is 0 Å². The Labute approximate surface area is 178 Å². The molecular weight excluding hydrogens is 404 g/mol. The molecule has 0 saturated heterocycles. The number of amides is 2. The van der Waals surface area contributed by atoms with E-state index in [2.05, 4.69) is 20.8 Å². The summed E-state index contributed by atoms with van der Waals surface area (Å²) in [6.07, 6.45) is 0. The highest BCUT2D eigenvalue weighted by molar-refractivity contribution is 5.90. The normalized spacial score (nSPS) is 10.3. The van der Waals surface area contributed by atoms with E-state index in [4.69, 9.17) is 18.7 Å². The van der Waals surface area contributed by atoms with E-state index in [9.17, 15) is 9.59 Å². The van der Waals surface area contributed by atoms with Gasteiger partial charge >= 0.3 is 11.8 Å². The molecule has 0 spiro atoms. The van der Waals surface area contributed by atoms with Crippen molar-refractivity contribution in [2.24, 2.45) is 0 Å². The van der Waals surface area contributed by atoms with Crippen LogP contribution in [-0.4, -0.2) is 36.2 Å². The first kappa shape index (κ1) is 21.6. The van der Waals surface area contributed by atoms with E-state index in [0.29, 0.717) is 22.9 Å². The molecule has 0 unspecified atom stereocenters. The van der Waals surface area contributed by atoms with Gasteiger partial charge in [-0.2, -0.15) is 4.98 Å². The summed E-state index contributed by atoms with van der Waals surface area (Å²) < 4.78 is 21.1. The first-order valence-electron chi connectivity index (χ1n) is 9.31. The van der Waals surface area contributed by atoms with Gasteiger partial charge in [-0.3, -0.25) is 9.59 Å². The Balaban J connectivity index is 1.57. The van der Waals surface area contributed by atoms with Crippen molar-refractivity contribution < 1.29 is 28.3 Å². The predicted molar refractivity (Wildman–Crippen MR) is 110 cm³/mol. The molecule has 0 radical (unpaired) electrons. The second-order valence-electron chi connectivity index (χ2n) is 6.35. The van der Waals surface area contributed by atoms with Crippen LogP contribution >= 0.6 is 0 Å². The largest absolute Gasteiger partial charge is 0.493 e. The SMILES string of the molecule is COc1ccc(CNC(=O)c2nc(COc3ccccc3NC(C)=O)no2)cc1OC. The third-order valence-electron chi connectivity index (χ3n) is 4.12. The number of ether oxygens (including phenoxy) is 3. The number of carbonyl (C=O) groups is 2. The predicted octanol–water partition coefficient (Wildman–Crippen LogP) is 2.55. The number of benzene rings is 2. The van der Waals surface area contributed by atoms with Gasteiger partial charge < -0.3 is 29.4 Å². The molecular formula is C21H22N4O6. The molecule has 0 saturated carbocycles. The van der Waals surface area contributed by atoms with Gasteiger partial charge in [-0.05, 0) is 29.8 Å². The highest BCUT2D eigenvalue weighted by atomic mass is 16.5. The fourth-order valence-electron chi connectivity index (χ4n) is 2.68. The summed E-state index contributed by atoms with van der Waals surface area (Å²) >= 11 is 0. The summed E-state index contributed by atoms with van der Waals surface area (Å²) in [5, 5.41) is 9.13. The van der Waals surface area contributed by atoms with Gasteiger partial charge in [0.05, 0.1) is 19.9 Å². The van der Waals surface area contributed by atoms with Crippen molar-refractivity contribution in [2.75, 3.05) is 19.5 Å². The number of methoxy groups -OCH3 is 2. The molecule has 0 fully saturated rings. The maximum atomic E-state index is 12.3. The lowest BCUT2D eigenvalue weighted by Crippen LogP contribution is -2.23. The molecule has 0 aliphatic rings. The number of hydrogen-bond acceptors (Lipinski definition) is 8. The third-order valence-corrected chi connectivity index (χ3v) is 4.12. The highest BCUT2D eigenvalue weighted by Gasteiger charge is 2.16. The Bertz CT molecular complexity index is 1070. The summed E-state index contributed by atoms with van der Waals surface area (Å²) in [7, 11) is 3.09. The first-order valence-corrected chi connectivity index (χ1v) is 9.31. The Kier molecular flexibility index (Phi) is 7.05. The quantitative estimate of drug-likeness (QED) is 0.535. The van der Waals surface area contributed by atoms with Crippen molar-refractivity contribution in [2.45, 2.75) is 20.1 Å². The van der Waals surface area contributed by atoms with Gasteiger partial charge in [-0.1, -0.05) is 23.4 Å². The number of anilines is 1. The topological polar surface area (TPSA) is 125 Å². The molecule has 0 bridgehead atoms. The Morgan fingerprint density at radius 2 is 1.81 bits per heavy atom. The van der Waals surface area contributed by atoms with Crippen molar-refractivity contribution in [3.63, 3.8) is 0 Å². The Hall–Kier alpha value is -4.08. The molecule has 2 N–H and O–H groups in total. The highest BCUT2D eigenvalue weighted by Crippen LogP contribution is 2.27. The summed E-state index contributed by atoms with van der Waals surface area (Å²) in [5.41, 5.74) is 1.33. The van der Waals surface area contributed by atoms with E-state index in [0.717, 1.165) is 5.56 Å². The van der Waals surface area contributed by atoms with Gasteiger partial charge in [0.25, 0.3) is 0 Å². The average molecular weight is 426 g/mol.